The topological polar surface area (TPSA) is 49.4 Å². The van der Waals surface area contributed by atoms with Gasteiger partial charge >= 0.3 is 0 Å². The van der Waals surface area contributed by atoms with Gasteiger partial charge in [0.1, 0.15) is 0 Å². The molecule has 22 heavy (non-hydrogen) atoms. The number of amides is 2. The van der Waals surface area contributed by atoms with Gasteiger partial charge in [0.15, 0.2) is 0 Å². The summed E-state index contributed by atoms with van der Waals surface area (Å²) in [5, 5.41) is 3.14. The minimum absolute atomic E-state index is 0.0154. The van der Waals surface area contributed by atoms with E-state index >= 15 is 0 Å². The lowest BCUT2D eigenvalue weighted by Gasteiger charge is -2.25. The van der Waals surface area contributed by atoms with E-state index in [-0.39, 0.29) is 17.9 Å². The van der Waals surface area contributed by atoms with Gasteiger partial charge < -0.3 is 10.2 Å². The number of hydrogen-bond acceptors (Lipinski definition) is 2. The predicted molar refractivity (Wildman–Crippen MR) is 87.3 cm³/mol. The smallest absolute Gasteiger partial charge is 0.222 e. The van der Waals surface area contributed by atoms with Crippen LogP contribution in [0.5, 0.6) is 0 Å². The maximum atomic E-state index is 12.3. The van der Waals surface area contributed by atoms with E-state index in [1.807, 2.05) is 12.1 Å². The van der Waals surface area contributed by atoms with Crippen LogP contribution in [0.2, 0.25) is 0 Å². The predicted octanol–water partition coefficient (Wildman–Crippen LogP) is 2.82. The van der Waals surface area contributed by atoms with Crippen molar-refractivity contribution in [2.24, 2.45) is 5.92 Å². The van der Waals surface area contributed by atoms with Crippen molar-refractivity contribution in [3.8, 4) is 0 Å². The molecule has 2 rings (SSSR count). The van der Waals surface area contributed by atoms with Crippen LogP contribution in [0.1, 0.15) is 50.3 Å². The standard InChI is InChI=1S/C18H26N2O2/c1-13(2)18(15-8-5-4-7-14(15)3)19-16(21)10-12-20-11-6-9-17(20)22/h4-5,7-8,13,18H,6,9-12H2,1-3H3,(H,19,21). The first-order valence-electron chi connectivity index (χ1n) is 8.11. The first kappa shape index (κ1) is 16.5. The van der Waals surface area contributed by atoms with E-state index in [4.69, 9.17) is 0 Å². The maximum absolute atomic E-state index is 12.3. The number of hydrogen-bond donors (Lipinski definition) is 1. The fraction of sp³-hybridized carbons (Fsp3) is 0.556. The largest absolute Gasteiger partial charge is 0.349 e. The molecule has 1 aliphatic heterocycles. The van der Waals surface area contributed by atoms with E-state index in [0.717, 1.165) is 13.0 Å². The van der Waals surface area contributed by atoms with Crippen LogP contribution in [0.4, 0.5) is 0 Å². The summed E-state index contributed by atoms with van der Waals surface area (Å²) < 4.78 is 0. The SMILES string of the molecule is Cc1ccccc1C(NC(=O)CCN1CCCC1=O)C(C)C. The van der Waals surface area contributed by atoms with Crippen molar-refractivity contribution < 1.29 is 9.59 Å². The molecule has 0 saturated carbocycles. The van der Waals surface area contributed by atoms with Crippen LogP contribution in [-0.2, 0) is 9.59 Å². The highest BCUT2D eigenvalue weighted by molar-refractivity contribution is 5.80. The number of nitrogens with one attached hydrogen (secondary N) is 1. The Hall–Kier alpha value is -1.84. The molecule has 1 fully saturated rings. The van der Waals surface area contributed by atoms with Crippen molar-refractivity contribution in [2.75, 3.05) is 13.1 Å². The van der Waals surface area contributed by atoms with Gasteiger partial charge in [-0.05, 0) is 30.4 Å². The molecule has 0 radical (unpaired) electrons. The van der Waals surface area contributed by atoms with Gasteiger partial charge in [-0.15, -0.1) is 0 Å². The summed E-state index contributed by atoms with van der Waals surface area (Å²) in [5.74, 6) is 0.507. The zero-order valence-electron chi connectivity index (χ0n) is 13.8. The summed E-state index contributed by atoms with van der Waals surface area (Å²) in [6, 6.07) is 8.18. The number of likely N-dealkylation sites (tertiary alicyclic amines) is 1. The Balaban J connectivity index is 1.95. The van der Waals surface area contributed by atoms with Crippen molar-refractivity contribution >= 4 is 11.8 Å². The number of rotatable bonds is 6. The van der Waals surface area contributed by atoms with Gasteiger partial charge in [0.25, 0.3) is 0 Å². The molecular formula is C18H26N2O2. The molecule has 0 aliphatic carbocycles. The summed E-state index contributed by atoms with van der Waals surface area (Å²) >= 11 is 0. The molecule has 1 unspecified atom stereocenters. The Bertz CT molecular complexity index is 540. The van der Waals surface area contributed by atoms with E-state index in [1.165, 1.54) is 11.1 Å². The second-order valence-electron chi connectivity index (χ2n) is 6.38. The van der Waals surface area contributed by atoms with Crippen molar-refractivity contribution in [1.29, 1.82) is 0 Å². The van der Waals surface area contributed by atoms with Crippen molar-refractivity contribution in [3.05, 3.63) is 35.4 Å². The highest BCUT2D eigenvalue weighted by Gasteiger charge is 2.23. The Kier molecular flexibility index (Phi) is 5.58. The van der Waals surface area contributed by atoms with Crippen molar-refractivity contribution in [3.63, 3.8) is 0 Å². The number of benzene rings is 1. The quantitative estimate of drug-likeness (QED) is 0.878. The first-order valence-corrected chi connectivity index (χ1v) is 8.11. The highest BCUT2D eigenvalue weighted by atomic mass is 16.2. The molecule has 1 aromatic rings. The minimum Gasteiger partial charge on any atom is -0.349 e. The molecule has 1 aromatic carbocycles. The van der Waals surface area contributed by atoms with Crippen LogP contribution in [0.3, 0.4) is 0 Å². The van der Waals surface area contributed by atoms with Gasteiger partial charge in [-0.1, -0.05) is 38.1 Å². The fourth-order valence-electron chi connectivity index (χ4n) is 2.96. The van der Waals surface area contributed by atoms with Crippen LogP contribution < -0.4 is 5.32 Å². The second-order valence-corrected chi connectivity index (χ2v) is 6.38. The van der Waals surface area contributed by atoms with Crippen LogP contribution >= 0.6 is 0 Å². The van der Waals surface area contributed by atoms with Gasteiger partial charge in [0.05, 0.1) is 6.04 Å². The number of nitrogens with zero attached hydrogens (tertiary/aromatic N) is 1. The molecule has 1 N–H and O–H groups in total. The number of carbonyl (C=O) groups is 2. The van der Waals surface area contributed by atoms with Crippen LogP contribution in [-0.4, -0.2) is 29.8 Å². The Morgan fingerprint density at radius 2 is 2.05 bits per heavy atom. The molecular weight excluding hydrogens is 276 g/mol. The van der Waals surface area contributed by atoms with Crippen LogP contribution in [0.15, 0.2) is 24.3 Å². The van der Waals surface area contributed by atoms with Gasteiger partial charge in [0, 0.05) is 25.9 Å². The van der Waals surface area contributed by atoms with E-state index < -0.39 is 0 Å². The van der Waals surface area contributed by atoms with Gasteiger partial charge in [-0.2, -0.15) is 0 Å². The highest BCUT2D eigenvalue weighted by Crippen LogP contribution is 2.24. The van der Waals surface area contributed by atoms with Gasteiger partial charge in [0.2, 0.25) is 11.8 Å². The molecule has 1 aliphatic rings. The van der Waals surface area contributed by atoms with Crippen molar-refractivity contribution in [2.45, 2.75) is 46.1 Å². The summed E-state index contributed by atoms with van der Waals surface area (Å²) in [5.41, 5.74) is 2.36. The summed E-state index contributed by atoms with van der Waals surface area (Å²) in [7, 11) is 0. The third kappa shape index (κ3) is 4.09. The molecule has 1 heterocycles. The fourth-order valence-corrected chi connectivity index (χ4v) is 2.96. The lowest BCUT2D eigenvalue weighted by atomic mass is 9.92. The average Bonchev–Trinajstić information content (AvgIpc) is 2.88. The Labute approximate surface area is 132 Å². The van der Waals surface area contributed by atoms with Gasteiger partial charge in [-0.3, -0.25) is 9.59 Å². The van der Waals surface area contributed by atoms with Gasteiger partial charge in [-0.25, -0.2) is 0 Å². The summed E-state index contributed by atoms with van der Waals surface area (Å²) in [6.45, 7) is 7.61. The average molecular weight is 302 g/mol. The van der Waals surface area contributed by atoms with E-state index in [0.29, 0.717) is 25.3 Å². The molecule has 0 spiro atoms. The lowest BCUT2D eigenvalue weighted by molar-refractivity contribution is -0.128. The van der Waals surface area contributed by atoms with Crippen LogP contribution in [0, 0.1) is 12.8 Å². The molecule has 0 aromatic heterocycles. The molecule has 0 bridgehead atoms. The van der Waals surface area contributed by atoms with Crippen molar-refractivity contribution in [1.82, 2.24) is 10.2 Å². The molecule has 4 heteroatoms. The summed E-state index contributed by atoms with van der Waals surface area (Å²) in [6.07, 6.45) is 1.92. The third-order valence-electron chi connectivity index (χ3n) is 4.29. The Morgan fingerprint density at radius 3 is 2.64 bits per heavy atom. The third-order valence-corrected chi connectivity index (χ3v) is 4.29. The molecule has 1 saturated heterocycles. The monoisotopic (exact) mass is 302 g/mol. The lowest BCUT2D eigenvalue weighted by Crippen LogP contribution is -2.35. The summed E-state index contributed by atoms with van der Waals surface area (Å²) in [4.78, 5) is 25.6. The van der Waals surface area contributed by atoms with Crippen LogP contribution in [0.25, 0.3) is 0 Å². The molecule has 1 atom stereocenters. The van der Waals surface area contributed by atoms with E-state index in [9.17, 15) is 9.59 Å². The van der Waals surface area contributed by atoms with E-state index in [2.05, 4.69) is 38.2 Å². The zero-order valence-corrected chi connectivity index (χ0v) is 13.8. The molecule has 120 valence electrons. The zero-order chi connectivity index (χ0) is 16.1. The molecule has 2 amide bonds. The number of aryl methyl sites for hydroxylation is 1. The second kappa shape index (κ2) is 7.43. The maximum Gasteiger partial charge on any atom is 0.222 e. The van der Waals surface area contributed by atoms with E-state index in [1.54, 1.807) is 4.90 Å². The first-order chi connectivity index (χ1) is 10.5. The minimum atomic E-state index is 0.0154. The Morgan fingerprint density at radius 1 is 1.32 bits per heavy atom. The number of carbonyl (C=O) groups excluding carboxylic acids is 2. The molecule has 4 nitrogen and oxygen atoms in total. The normalized spacial score (nSPS) is 16.2.